The van der Waals surface area contributed by atoms with E-state index in [1.165, 1.54) is 12.1 Å². The molecule has 1 N–H and O–H groups in total. The minimum absolute atomic E-state index is 0.0982. The summed E-state index contributed by atoms with van der Waals surface area (Å²) in [6.45, 7) is 1.05. The van der Waals surface area contributed by atoms with Crippen LogP contribution < -0.4 is 5.32 Å². The predicted molar refractivity (Wildman–Crippen MR) is 101 cm³/mol. The zero-order valence-corrected chi connectivity index (χ0v) is 14.9. The molecule has 3 heterocycles. The van der Waals surface area contributed by atoms with Crippen molar-refractivity contribution >= 4 is 38.8 Å². The van der Waals surface area contributed by atoms with Gasteiger partial charge in [0, 0.05) is 11.4 Å². The number of halogens is 1. The average molecular weight is 370 g/mol. The summed E-state index contributed by atoms with van der Waals surface area (Å²) < 4.78 is 16.2. The molecule has 0 saturated carbocycles. The van der Waals surface area contributed by atoms with Gasteiger partial charge in [-0.3, -0.25) is 4.79 Å². The van der Waals surface area contributed by atoms with Crippen LogP contribution in [0.15, 0.2) is 59.3 Å². The minimum Gasteiger partial charge on any atom is -0.346 e. The number of aromatic nitrogens is 1. The first kappa shape index (κ1) is 16.1. The second kappa shape index (κ2) is 6.82. The standard InChI is InChI=1S/C19H15FN2OS2/c20-14-5-3-13(4-6-14)12-22-16-7-9-25-18(16)10-17(22)19(23)21-11-15-2-1-8-24-15/h1-10H,11-12H2,(H,21,23). The Morgan fingerprint density at radius 3 is 2.68 bits per heavy atom. The van der Waals surface area contributed by atoms with Gasteiger partial charge in [0.1, 0.15) is 11.5 Å². The highest BCUT2D eigenvalue weighted by atomic mass is 32.1. The predicted octanol–water partition coefficient (Wildman–Crippen LogP) is 4.88. The van der Waals surface area contributed by atoms with Crippen molar-refractivity contribution in [2.75, 3.05) is 0 Å². The number of nitrogens with one attached hydrogen (secondary N) is 1. The molecule has 3 nitrogen and oxygen atoms in total. The Hall–Kier alpha value is -2.44. The maximum atomic E-state index is 13.1. The molecule has 1 amide bonds. The molecule has 0 aliphatic rings. The fraction of sp³-hybridized carbons (Fsp3) is 0.105. The molecule has 6 heteroatoms. The summed E-state index contributed by atoms with van der Waals surface area (Å²) >= 11 is 3.23. The van der Waals surface area contributed by atoms with E-state index in [0.29, 0.717) is 18.8 Å². The topological polar surface area (TPSA) is 34.0 Å². The lowest BCUT2D eigenvalue weighted by Gasteiger charge is -2.11. The van der Waals surface area contributed by atoms with Gasteiger partial charge in [-0.25, -0.2) is 4.39 Å². The van der Waals surface area contributed by atoms with E-state index in [1.807, 2.05) is 39.6 Å². The van der Waals surface area contributed by atoms with Gasteiger partial charge >= 0.3 is 0 Å². The van der Waals surface area contributed by atoms with Crippen LogP contribution >= 0.6 is 22.7 Å². The molecule has 0 spiro atoms. The summed E-state index contributed by atoms with van der Waals surface area (Å²) in [6, 6.07) is 14.3. The van der Waals surface area contributed by atoms with Gasteiger partial charge < -0.3 is 9.88 Å². The van der Waals surface area contributed by atoms with Crippen LogP contribution in [0.1, 0.15) is 20.9 Å². The van der Waals surface area contributed by atoms with E-state index in [-0.39, 0.29) is 11.7 Å². The maximum absolute atomic E-state index is 13.1. The summed E-state index contributed by atoms with van der Waals surface area (Å²) in [4.78, 5) is 13.8. The highest BCUT2D eigenvalue weighted by Gasteiger charge is 2.16. The first-order chi connectivity index (χ1) is 12.2. The Morgan fingerprint density at radius 1 is 1.08 bits per heavy atom. The Balaban J connectivity index is 1.62. The van der Waals surface area contributed by atoms with E-state index in [0.717, 1.165) is 20.7 Å². The molecule has 0 bridgehead atoms. The number of hydrogen-bond donors (Lipinski definition) is 1. The number of fused-ring (bicyclic) bond motifs is 1. The third-order valence-electron chi connectivity index (χ3n) is 4.01. The molecule has 0 radical (unpaired) electrons. The molecule has 4 aromatic rings. The summed E-state index contributed by atoms with van der Waals surface area (Å²) in [6.07, 6.45) is 0. The van der Waals surface area contributed by atoms with Crippen LogP contribution in [0.4, 0.5) is 4.39 Å². The van der Waals surface area contributed by atoms with Crippen molar-refractivity contribution in [3.8, 4) is 0 Å². The van der Waals surface area contributed by atoms with Crippen LogP contribution in [0.3, 0.4) is 0 Å². The van der Waals surface area contributed by atoms with Gasteiger partial charge in [0.25, 0.3) is 5.91 Å². The van der Waals surface area contributed by atoms with Crippen LogP contribution in [0.25, 0.3) is 10.2 Å². The minimum atomic E-state index is -0.258. The summed E-state index contributed by atoms with van der Waals surface area (Å²) in [7, 11) is 0. The number of carbonyl (C=O) groups excluding carboxylic acids is 1. The van der Waals surface area contributed by atoms with Crippen LogP contribution in [0.5, 0.6) is 0 Å². The fourth-order valence-electron chi connectivity index (χ4n) is 2.78. The Bertz CT molecular complexity index is 1000. The van der Waals surface area contributed by atoms with Crippen LogP contribution in [-0.2, 0) is 13.1 Å². The number of rotatable bonds is 5. The van der Waals surface area contributed by atoms with E-state index >= 15 is 0 Å². The Labute approximate surface area is 152 Å². The summed E-state index contributed by atoms with van der Waals surface area (Å²) in [5.41, 5.74) is 2.61. The zero-order chi connectivity index (χ0) is 17.2. The molecule has 0 unspecified atom stereocenters. The third-order valence-corrected chi connectivity index (χ3v) is 5.74. The Kier molecular flexibility index (Phi) is 4.38. The van der Waals surface area contributed by atoms with Crippen LogP contribution in [-0.4, -0.2) is 10.5 Å². The number of benzene rings is 1. The highest BCUT2D eigenvalue weighted by Crippen LogP contribution is 2.26. The van der Waals surface area contributed by atoms with E-state index in [1.54, 1.807) is 34.8 Å². The lowest BCUT2D eigenvalue weighted by atomic mass is 10.2. The molecule has 0 fully saturated rings. The molecule has 1 aromatic carbocycles. The SMILES string of the molecule is O=C(NCc1cccs1)c1cc2sccc2n1Cc1ccc(F)cc1. The van der Waals surface area contributed by atoms with E-state index in [2.05, 4.69) is 5.32 Å². The van der Waals surface area contributed by atoms with Gasteiger partial charge in [-0.05, 0) is 46.7 Å². The quantitative estimate of drug-likeness (QED) is 0.534. The molecular weight excluding hydrogens is 355 g/mol. The van der Waals surface area contributed by atoms with Crippen molar-refractivity contribution in [3.05, 3.63) is 81.2 Å². The molecule has 4 rings (SSSR count). The van der Waals surface area contributed by atoms with Gasteiger partial charge in [-0.1, -0.05) is 18.2 Å². The molecule has 3 aromatic heterocycles. The number of amides is 1. The molecule has 0 saturated heterocycles. The molecule has 126 valence electrons. The number of nitrogens with zero attached hydrogens (tertiary/aromatic N) is 1. The molecule has 0 aliphatic heterocycles. The van der Waals surface area contributed by atoms with Crippen molar-refractivity contribution in [2.45, 2.75) is 13.1 Å². The van der Waals surface area contributed by atoms with Gasteiger partial charge in [0.2, 0.25) is 0 Å². The normalized spacial score (nSPS) is 11.1. The van der Waals surface area contributed by atoms with Gasteiger partial charge in [-0.15, -0.1) is 22.7 Å². The highest BCUT2D eigenvalue weighted by molar-refractivity contribution is 7.17. The van der Waals surface area contributed by atoms with Crippen molar-refractivity contribution in [1.29, 1.82) is 0 Å². The first-order valence-electron chi connectivity index (χ1n) is 7.82. The molecular formula is C19H15FN2OS2. The lowest BCUT2D eigenvalue weighted by Crippen LogP contribution is -2.25. The van der Waals surface area contributed by atoms with Crippen LogP contribution in [0.2, 0.25) is 0 Å². The van der Waals surface area contributed by atoms with Gasteiger partial charge in [-0.2, -0.15) is 0 Å². The smallest absolute Gasteiger partial charge is 0.268 e. The molecule has 25 heavy (non-hydrogen) atoms. The third kappa shape index (κ3) is 3.36. The van der Waals surface area contributed by atoms with E-state index in [9.17, 15) is 9.18 Å². The summed E-state index contributed by atoms with van der Waals surface area (Å²) in [5, 5.41) is 6.99. The van der Waals surface area contributed by atoms with E-state index < -0.39 is 0 Å². The largest absolute Gasteiger partial charge is 0.346 e. The van der Waals surface area contributed by atoms with E-state index in [4.69, 9.17) is 0 Å². The second-order valence-corrected chi connectivity index (χ2v) is 7.65. The van der Waals surface area contributed by atoms with Crippen molar-refractivity contribution in [2.24, 2.45) is 0 Å². The van der Waals surface area contributed by atoms with Crippen molar-refractivity contribution in [3.63, 3.8) is 0 Å². The monoisotopic (exact) mass is 370 g/mol. The molecule has 0 aliphatic carbocycles. The van der Waals surface area contributed by atoms with Gasteiger partial charge in [0.15, 0.2) is 0 Å². The van der Waals surface area contributed by atoms with Crippen LogP contribution in [0, 0.1) is 5.82 Å². The van der Waals surface area contributed by atoms with Crippen molar-refractivity contribution in [1.82, 2.24) is 9.88 Å². The first-order valence-corrected chi connectivity index (χ1v) is 9.58. The van der Waals surface area contributed by atoms with Gasteiger partial charge in [0.05, 0.1) is 16.8 Å². The maximum Gasteiger partial charge on any atom is 0.268 e. The van der Waals surface area contributed by atoms with Crippen molar-refractivity contribution < 1.29 is 9.18 Å². The zero-order valence-electron chi connectivity index (χ0n) is 13.2. The fourth-order valence-corrected chi connectivity index (χ4v) is 4.25. The average Bonchev–Trinajstić information content (AvgIpc) is 3.33. The number of hydrogen-bond acceptors (Lipinski definition) is 3. The lowest BCUT2D eigenvalue weighted by molar-refractivity contribution is 0.0943. The number of carbonyl (C=O) groups is 1. The second-order valence-electron chi connectivity index (χ2n) is 5.67. The summed E-state index contributed by atoms with van der Waals surface area (Å²) in [5.74, 6) is -0.357. The Morgan fingerprint density at radius 2 is 1.92 bits per heavy atom. The molecule has 0 atom stereocenters. The number of thiophene rings is 2.